The maximum Gasteiger partial charge on any atom is 0.331 e. The van der Waals surface area contributed by atoms with Crippen molar-refractivity contribution in [1.82, 2.24) is 19.5 Å². The van der Waals surface area contributed by atoms with Crippen LogP contribution < -0.4 is 11.0 Å². The van der Waals surface area contributed by atoms with Gasteiger partial charge in [0.25, 0.3) is 5.91 Å². The molecule has 10 nitrogen and oxygen atoms in total. The molecule has 0 saturated heterocycles. The smallest absolute Gasteiger partial charge is 0.331 e. The first-order chi connectivity index (χ1) is 13.5. The zero-order valence-electron chi connectivity index (χ0n) is 15.4. The number of esters is 1. The highest BCUT2D eigenvalue weighted by Gasteiger charge is 2.16. The number of nitrogens with one attached hydrogen (secondary N) is 2. The third-order valence-corrected chi connectivity index (χ3v) is 3.86. The van der Waals surface area contributed by atoms with Gasteiger partial charge in [0.05, 0.1) is 13.7 Å². The van der Waals surface area contributed by atoms with Gasteiger partial charge in [0.15, 0.2) is 11.5 Å². The Balaban J connectivity index is 1.84. The Labute approximate surface area is 159 Å². The molecule has 10 heteroatoms. The van der Waals surface area contributed by atoms with Gasteiger partial charge in [-0.2, -0.15) is 0 Å². The first-order valence-corrected chi connectivity index (χ1v) is 8.43. The van der Waals surface area contributed by atoms with Crippen LogP contribution in [0.2, 0.25) is 0 Å². The Morgan fingerprint density at radius 1 is 1.18 bits per heavy atom. The molecule has 0 bridgehead atoms. The van der Waals surface area contributed by atoms with Crippen LogP contribution in [0, 0.1) is 6.92 Å². The van der Waals surface area contributed by atoms with Gasteiger partial charge >= 0.3 is 11.7 Å². The monoisotopic (exact) mass is 385 g/mol. The molecule has 0 unspecified atom stereocenters. The Hall–Kier alpha value is -3.53. The van der Waals surface area contributed by atoms with Crippen LogP contribution in [0.1, 0.15) is 11.4 Å². The van der Waals surface area contributed by atoms with Gasteiger partial charge in [-0.25, -0.2) is 19.6 Å². The number of aryl methyl sites for hydroxylation is 1. The van der Waals surface area contributed by atoms with Crippen molar-refractivity contribution in [3.8, 4) is 0 Å². The third kappa shape index (κ3) is 4.41. The number of aromatic nitrogens is 4. The number of nitrogens with zero attached hydrogens (tertiary/aromatic N) is 3. The summed E-state index contributed by atoms with van der Waals surface area (Å²) >= 11 is 0. The summed E-state index contributed by atoms with van der Waals surface area (Å²) in [5, 5.41) is 2.57. The van der Waals surface area contributed by atoms with E-state index in [1.165, 1.54) is 11.7 Å². The third-order valence-electron chi connectivity index (χ3n) is 3.86. The van der Waals surface area contributed by atoms with E-state index in [2.05, 4.69) is 25.0 Å². The molecule has 28 heavy (non-hydrogen) atoms. The van der Waals surface area contributed by atoms with Crippen molar-refractivity contribution in [2.45, 2.75) is 13.5 Å². The Kier molecular flexibility index (Phi) is 5.80. The zero-order chi connectivity index (χ0) is 20.1. The molecular weight excluding hydrogens is 366 g/mol. The number of anilines is 1. The summed E-state index contributed by atoms with van der Waals surface area (Å²) in [7, 11) is 1.22. The van der Waals surface area contributed by atoms with E-state index in [1.54, 1.807) is 6.92 Å². The van der Waals surface area contributed by atoms with Crippen LogP contribution in [0.15, 0.2) is 35.1 Å². The lowest BCUT2D eigenvalue weighted by Gasteiger charge is -2.08. The van der Waals surface area contributed by atoms with Crippen molar-refractivity contribution in [2.24, 2.45) is 0 Å². The molecular formula is C18H19N5O5. The number of hydrogen-bond donors (Lipinski definition) is 2. The van der Waals surface area contributed by atoms with E-state index in [1.807, 2.05) is 30.3 Å². The number of carbonyl (C=O) groups excluding carboxylic acids is 2. The molecule has 0 spiro atoms. The summed E-state index contributed by atoms with van der Waals surface area (Å²) in [5.74, 6) is -0.562. The predicted octanol–water partition coefficient (Wildman–Crippen LogP) is 0.604. The molecule has 2 N–H and O–H groups in total. The molecule has 0 aliphatic heterocycles. The van der Waals surface area contributed by atoms with E-state index in [0.29, 0.717) is 23.5 Å². The number of H-pyrrole nitrogens is 1. The molecule has 2 aromatic heterocycles. The Morgan fingerprint density at radius 2 is 1.93 bits per heavy atom. The average molecular weight is 385 g/mol. The number of methoxy groups -OCH3 is 1. The second-order valence-corrected chi connectivity index (χ2v) is 5.94. The maximum atomic E-state index is 12.4. The molecule has 0 saturated carbocycles. The maximum absolute atomic E-state index is 12.4. The first kappa shape index (κ1) is 19.2. The van der Waals surface area contributed by atoms with E-state index in [9.17, 15) is 14.4 Å². The lowest BCUT2D eigenvalue weighted by atomic mass is 10.2. The van der Waals surface area contributed by atoms with E-state index >= 15 is 0 Å². The SMILES string of the molecule is COC(=O)COCC(=O)Nc1nc(C)nc2c1[nH]c(=O)n2Cc1ccccc1. The number of hydrogen-bond acceptors (Lipinski definition) is 7. The lowest BCUT2D eigenvalue weighted by molar-refractivity contribution is -0.146. The standard InChI is InChI=1S/C18H19N5O5/c1-11-19-16(21-13(24)9-28-10-14(25)27-2)15-17(20-11)23(18(26)22-15)8-12-6-4-3-5-7-12/h3-7H,8-10H2,1-2H3,(H,22,26)(H,19,20,21,24). The number of imidazole rings is 1. The van der Waals surface area contributed by atoms with Crippen molar-refractivity contribution >= 4 is 28.9 Å². The Bertz CT molecular complexity index is 1060. The molecule has 3 aromatic rings. The van der Waals surface area contributed by atoms with Crippen LogP contribution in [0.4, 0.5) is 5.82 Å². The van der Waals surface area contributed by atoms with Crippen LogP contribution in [-0.4, -0.2) is 51.7 Å². The highest BCUT2D eigenvalue weighted by molar-refractivity contribution is 5.97. The van der Waals surface area contributed by atoms with Gasteiger partial charge in [-0.05, 0) is 12.5 Å². The van der Waals surface area contributed by atoms with Crippen molar-refractivity contribution in [3.05, 3.63) is 52.2 Å². The molecule has 2 heterocycles. The lowest BCUT2D eigenvalue weighted by Crippen LogP contribution is -2.22. The van der Waals surface area contributed by atoms with Crippen molar-refractivity contribution in [1.29, 1.82) is 0 Å². The van der Waals surface area contributed by atoms with Crippen molar-refractivity contribution in [2.75, 3.05) is 25.6 Å². The van der Waals surface area contributed by atoms with Gasteiger partial charge in [0, 0.05) is 0 Å². The summed E-state index contributed by atoms with van der Waals surface area (Å²) < 4.78 is 10.9. The van der Waals surface area contributed by atoms with Crippen LogP contribution in [0.3, 0.4) is 0 Å². The predicted molar refractivity (Wildman–Crippen MR) is 99.9 cm³/mol. The zero-order valence-corrected chi connectivity index (χ0v) is 15.4. The number of benzene rings is 1. The summed E-state index contributed by atoms with van der Waals surface area (Å²) in [6.45, 7) is 1.28. The molecule has 0 aliphatic rings. The second-order valence-electron chi connectivity index (χ2n) is 5.94. The van der Waals surface area contributed by atoms with E-state index in [-0.39, 0.29) is 24.7 Å². The van der Waals surface area contributed by atoms with Crippen molar-refractivity contribution in [3.63, 3.8) is 0 Å². The van der Waals surface area contributed by atoms with E-state index < -0.39 is 11.9 Å². The molecule has 1 amide bonds. The van der Waals surface area contributed by atoms with Crippen LogP contribution in [0.5, 0.6) is 0 Å². The molecule has 0 fully saturated rings. The van der Waals surface area contributed by atoms with E-state index in [4.69, 9.17) is 4.74 Å². The minimum atomic E-state index is -0.588. The molecule has 3 rings (SSSR count). The highest BCUT2D eigenvalue weighted by Crippen LogP contribution is 2.18. The molecule has 1 aromatic carbocycles. The fraction of sp³-hybridized carbons (Fsp3) is 0.278. The number of ether oxygens (including phenoxy) is 2. The topological polar surface area (TPSA) is 128 Å². The summed E-state index contributed by atoms with van der Waals surface area (Å²) in [5.41, 5.74) is 1.26. The number of aromatic amines is 1. The van der Waals surface area contributed by atoms with Crippen molar-refractivity contribution < 1.29 is 19.1 Å². The fourth-order valence-corrected chi connectivity index (χ4v) is 2.60. The van der Waals surface area contributed by atoms with Crippen LogP contribution >= 0.6 is 0 Å². The number of rotatable bonds is 7. The Morgan fingerprint density at radius 3 is 2.64 bits per heavy atom. The van der Waals surface area contributed by atoms with Gasteiger partial charge in [-0.15, -0.1) is 0 Å². The van der Waals surface area contributed by atoms with Gasteiger partial charge in [0.2, 0.25) is 0 Å². The number of carbonyl (C=O) groups is 2. The average Bonchev–Trinajstić information content (AvgIpc) is 2.98. The first-order valence-electron chi connectivity index (χ1n) is 8.43. The summed E-state index contributed by atoms with van der Waals surface area (Å²) in [4.78, 5) is 46.7. The van der Waals surface area contributed by atoms with Gasteiger partial charge in [-0.1, -0.05) is 30.3 Å². The van der Waals surface area contributed by atoms with Crippen LogP contribution in [-0.2, 0) is 25.6 Å². The number of fused-ring (bicyclic) bond motifs is 1. The molecule has 0 radical (unpaired) electrons. The molecule has 0 aliphatic carbocycles. The normalized spacial score (nSPS) is 10.8. The quantitative estimate of drug-likeness (QED) is 0.570. The summed E-state index contributed by atoms with van der Waals surface area (Å²) in [6.07, 6.45) is 0. The highest BCUT2D eigenvalue weighted by atomic mass is 16.6. The van der Waals surface area contributed by atoms with E-state index in [0.717, 1.165) is 5.56 Å². The minimum Gasteiger partial charge on any atom is -0.467 e. The fourth-order valence-electron chi connectivity index (χ4n) is 2.60. The second kappa shape index (κ2) is 8.44. The number of amides is 1. The van der Waals surface area contributed by atoms with Gasteiger partial charge in [0.1, 0.15) is 24.6 Å². The molecule has 0 atom stereocenters. The molecule has 146 valence electrons. The largest absolute Gasteiger partial charge is 0.467 e. The minimum absolute atomic E-state index is 0.165. The van der Waals surface area contributed by atoms with Crippen LogP contribution in [0.25, 0.3) is 11.2 Å². The van der Waals surface area contributed by atoms with Gasteiger partial charge in [-0.3, -0.25) is 9.36 Å². The van der Waals surface area contributed by atoms with Gasteiger partial charge < -0.3 is 19.8 Å². The summed E-state index contributed by atoms with van der Waals surface area (Å²) in [6, 6.07) is 9.47.